The third-order valence-corrected chi connectivity index (χ3v) is 12.3. The van der Waals surface area contributed by atoms with Crippen LogP contribution < -0.4 is 0 Å². The molecule has 298 valence electrons. The van der Waals surface area contributed by atoms with Crippen LogP contribution in [0.25, 0.3) is 11.1 Å². The predicted molar refractivity (Wildman–Crippen MR) is 237 cm³/mol. The highest BCUT2D eigenvalue weighted by Gasteiger charge is 2.36. The average Bonchev–Trinajstić information content (AvgIpc) is 3.06. The summed E-state index contributed by atoms with van der Waals surface area (Å²) in [6.45, 7) is 23.7. The molecule has 0 amide bonds. The molecule has 0 aliphatic heterocycles. The lowest BCUT2D eigenvalue weighted by Crippen LogP contribution is -2.27. The largest absolute Gasteiger partial charge is 0.289 e. The molecule has 0 saturated heterocycles. The molecule has 14 heteroatoms. The number of carbonyl (C=O) groups excluding carboxylic acids is 2. The van der Waals surface area contributed by atoms with Gasteiger partial charge in [-0.05, 0) is 57.1 Å². The van der Waals surface area contributed by atoms with Crippen molar-refractivity contribution < 1.29 is 9.59 Å². The molecule has 0 radical (unpaired) electrons. The van der Waals surface area contributed by atoms with E-state index in [2.05, 4.69) is 20.5 Å². The van der Waals surface area contributed by atoms with Gasteiger partial charge < -0.3 is 0 Å². The standard InChI is InChI=1S/C42H42Cl8N4O2/c1-39(2,3)21-13-19(14-22(37(21)55)40(4,5)6)17-51-53-35-29(45)25(27(43)31(47)33(35)49)26-28(44)32(48)34(50)36(30(26)46)54-52-18-20-15-23(41(7,8)9)38(56)24(16-20)42(10,11)12/h13-18H,1-12H3/b53-51+,54-52+. The number of hydrogen-bond acceptors (Lipinski definition) is 6. The number of ketones is 2. The molecule has 0 fully saturated rings. The molecule has 2 aliphatic rings. The Balaban J connectivity index is 1.89. The van der Waals surface area contributed by atoms with Gasteiger partial charge in [0.05, 0.1) is 52.6 Å². The maximum absolute atomic E-state index is 13.4. The normalized spacial score (nSPS) is 16.1. The minimum atomic E-state index is -0.424. The molecule has 56 heavy (non-hydrogen) atoms. The van der Waals surface area contributed by atoms with Crippen LogP contribution in [0.2, 0.25) is 40.2 Å². The van der Waals surface area contributed by atoms with Crippen LogP contribution in [0.1, 0.15) is 83.1 Å². The van der Waals surface area contributed by atoms with E-state index in [1.165, 1.54) is 12.4 Å². The molecule has 0 aromatic heterocycles. The van der Waals surface area contributed by atoms with E-state index in [1.54, 1.807) is 24.3 Å². The molecule has 0 N–H and O–H groups in total. The molecule has 2 aromatic rings. The van der Waals surface area contributed by atoms with Gasteiger partial charge in [-0.2, -0.15) is 10.2 Å². The number of rotatable bonds is 5. The molecule has 0 heterocycles. The van der Waals surface area contributed by atoms with Crippen molar-refractivity contribution in [3.05, 3.63) is 110 Å². The van der Waals surface area contributed by atoms with Crippen LogP contribution in [0.4, 0.5) is 11.4 Å². The number of benzene rings is 2. The van der Waals surface area contributed by atoms with Crippen LogP contribution in [0.15, 0.2) is 90.6 Å². The van der Waals surface area contributed by atoms with Crippen LogP contribution >= 0.6 is 92.8 Å². The number of Topliss-reactive ketones (excluding diaryl/α,β-unsaturated/α-hetero) is 2. The van der Waals surface area contributed by atoms with Crippen LogP contribution in [0, 0.1) is 21.7 Å². The first kappa shape index (κ1) is 46.4. The fourth-order valence-electron chi connectivity index (χ4n) is 5.84. The van der Waals surface area contributed by atoms with E-state index in [0.717, 1.165) is 0 Å². The minimum absolute atomic E-state index is 0.0197. The Morgan fingerprint density at radius 3 is 0.875 bits per heavy atom. The Bertz CT molecular complexity index is 2060. The van der Waals surface area contributed by atoms with Gasteiger partial charge in [0.15, 0.2) is 11.6 Å². The number of halogens is 8. The van der Waals surface area contributed by atoms with Crippen molar-refractivity contribution in [2.75, 3.05) is 0 Å². The Hall–Kier alpha value is -2.26. The van der Waals surface area contributed by atoms with E-state index in [0.29, 0.717) is 33.4 Å². The molecule has 0 spiro atoms. The van der Waals surface area contributed by atoms with Gasteiger partial charge in [0.25, 0.3) is 0 Å². The van der Waals surface area contributed by atoms with Crippen molar-refractivity contribution in [2.45, 2.75) is 83.1 Å². The number of nitrogens with zero attached hydrogens (tertiary/aromatic N) is 4. The molecule has 6 nitrogen and oxygen atoms in total. The number of carbonyl (C=O) groups is 2. The zero-order chi connectivity index (χ0) is 42.6. The zero-order valence-corrected chi connectivity index (χ0v) is 39.1. The van der Waals surface area contributed by atoms with E-state index in [9.17, 15) is 9.59 Å². The lowest BCUT2D eigenvalue weighted by atomic mass is 9.72. The van der Waals surface area contributed by atoms with E-state index in [-0.39, 0.29) is 74.2 Å². The van der Waals surface area contributed by atoms with E-state index in [1.807, 2.05) is 83.1 Å². The van der Waals surface area contributed by atoms with Crippen molar-refractivity contribution in [2.24, 2.45) is 42.1 Å². The van der Waals surface area contributed by atoms with Gasteiger partial charge in [0.1, 0.15) is 11.4 Å². The topological polar surface area (TPSA) is 83.6 Å². The Labute approximate surface area is 369 Å². The molecular weight excluding hydrogens is 876 g/mol. The fourth-order valence-corrected chi connectivity index (χ4v) is 8.16. The fraction of sp³-hybridized carbons (Fsp3) is 0.381. The summed E-state index contributed by atoms with van der Waals surface area (Å²) in [6.07, 6.45) is 10.1. The summed E-state index contributed by atoms with van der Waals surface area (Å²) in [4.78, 5) is 26.8. The van der Waals surface area contributed by atoms with Gasteiger partial charge in [-0.3, -0.25) is 9.59 Å². The Morgan fingerprint density at radius 2 is 0.643 bits per heavy atom. The SMILES string of the molecule is CC(C)(C)C1=CC(=C/N=N/c2c(Cl)c(Cl)c(Cl)c(-c3c(Cl)c(Cl)c(Cl)c(/N=N/C=C4C=C(C(C)(C)C)C(=O)C(C(C)(C)C)=C4)c3Cl)c2Cl)C=C(C(C)(C)C)C1=O. The van der Waals surface area contributed by atoms with E-state index in [4.69, 9.17) is 92.8 Å². The lowest BCUT2D eigenvalue weighted by Gasteiger charge is -2.31. The third kappa shape index (κ3) is 9.61. The molecule has 4 rings (SSSR count). The molecule has 0 unspecified atom stereocenters. The lowest BCUT2D eigenvalue weighted by molar-refractivity contribution is -0.114. The molecule has 0 bridgehead atoms. The maximum atomic E-state index is 13.4. The summed E-state index contributed by atoms with van der Waals surface area (Å²) in [7, 11) is 0. The van der Waals surface area contributed by atoms with Gasteiger partial charge in [-0.1, -0.05) is 176 Å². The summed E-state index contributed by atoms with van der Waals surface area (Å²) in [6, 6.07) is 0. The monoisotopic (exact) mass is 914 g/mol. The second-order valence-corrected chi connectivity index (χ2v) is 20.6. The van der Waals surface area contributed by atoms with Crippen molar-refractivity contribution >= 4 is 116 Å². The van der Waals surface area contributed by atoms with Crippen LogP contribution in [-0.2, 0) is 9.59 Å². The highest BCUT2D eigenvalue weighted by molar-refractivity contribution is 6.56. The first-order valence-corrected chi connectivity index (χ1v) is 20.4. The third-order valence-electron chi connectivity index (χ3n) is 8.91. The first-order valence-electron chi connectivity index (χ1n) is 17.4. The number of hydrogen-bond donors (Lipinski definition) is 0. The van der Waals surface area contributed by atoms with E-state index >= 15 is 0 Å². The summed E-state index contributed by atoms with van der Waals surface area (Å²) in [5.41, 5.74) is 2.15. The Kier molecular flexibility index (Phi) is 13.9. The molecule has 2 aliphatic carbocycles. The predicted octanol–water partition coefficient (Wildman–Crippen LogP) is 17.6. The highest BCUT2D eigenvalue weighted by atomic mass is 35.5. The van der Waals surface area contributed by atoms with Crippen molar-refractivity contribution in [3.8, 4) is 11.1 Å². The first-order chi connectivity index (χ1) is 25.5. The maximum Gasteiger partial charge on any atom is 0.186 e. The highest BCUT2D eigenvalue weighted by Crippen LogP contribution is 2.57. The molecule has 0 saturated carbocycles. The van der Waals surface area contributed by atoms with Crippen molar-refractivity contribution in [1.29, 1.82) is 0 Å². The quantitative estimate of drug-likeness (QED) is 0.170. The second kappa shape index (κ2) is 16.8. The van der Waals surface area contributed by atoms with Crippen LogP contribution in [-0.4, -0.2) is 11.6 Å². The van der Waals surface area contributed by atoms with Crippen molar-refractivity contribution in [3.63, 3.8) is 0 Å². The summed E-state index contributed by atoms with van der Waals surface area (Å²) >= 11 is 54.1. The van der Waals surface area contributed by atoms with Gasteiger partial charge in [-0.15, -0.1) is 10.2 Å². The Morgan fingerprint density at radius 1 is 0.393 bits per heavy atom. The summed E-state index contributed by atoms with van der Waals surface area (Å²) in [5, 5.41) is 16.4. The van der Waals surface area contributed by atoms with Gasteiger partial charge in [0.2, 0.25) is 0 Å². The second-order valence-electron chi connectivity index (χ2n) is 17.5. The van der Waals surface area contributed by atoms with Gasteiger partial charge in [-0.25, -0.2) is 0 Å². The minimum Gasteiger partial charge on any atom is -0.289 e. The smallest absolute Gasteiger partial charge is 0.186 e. The summed E-state index contributed by atoms with van der Waals surface area (Å²) in [5.74, 6) is -0.0394. The molecular formula is C42H42Cl8N4O2. The van der Waals surface area contributed by atoms with Gasteiger partial charge >= 0.3 is 0 Å². The van der Waals surface area contributed by atoms with Crippen molar-refractivity contribution in [1.82, 2.24) is 0 Å². The average molecular weight is 918 g/mol. The van der Waals surface area contributed by atoms with Crippen LogP contribution in [0.5, 0.6) is 0 Å². The van der Waals surface area contributed by atoms with E-state index < -0.39 is 21.7 Å². The van der Waals surface area contributed by atoms with Crippen LogP contribution in [0.3, 0.4) is 0 Å². The number of azo groups is 2. The number of allylic oxidation sites excluding steroid dienone is 10. The zero-order valence-electron chi connectivity index (χ0n) is 33.1. The summed E-state index contributed by atoms with van der Waals surface area (Å²) < 4.78 is 0. The van der Waals surface area contributed by atoms with Gasteiger partial charge in [0, 0.05) is 33.4 Å². The molecule has 2 aromatic carbocycles. The molecule has 0 atom stereocenters.